The van der Waals surface area contributed by atoms with Gasteiger partial charge in [0, 0.05) is 17.3 Å². The second-order valence-electron chi connectivity index (χ2n) is 4.78. The van der Waals surface area contributed by atoms with Gasteiger partial charge in [0.1, 0.15) is 0 Å². The summed E-state index contributed by atoms with van der Waals surface area (Å²) in [5.74, 6) is -0.0618. The molecule has 0 bridgehead atoms. The largest absolute Gasteiger partial charge is 0.376 e. The van der Waals surface area contributed by atoms with E-state index in [9.17, 15) is 9.59 Å². The molecule has 0 fully saturated rings. The van der Waals surface area contributed by atoms with Gasteiger partial charge in [0.15, 0.2) is 5.78 Å². The Morgan fingerprint density at radius 1 is 1.32 bits per heavy atom. The molecule has 0 heterocycles. The second-order valence-corrected chi connectivity index (χ2v) is 4.78. The third-order valence-corrected chi connectivity index (χ3v) is 3.08. The van der Waals surface area contributed by atoms with E-state index in [1.54, 1.807) is 0 Å². The highest BCUT2D eigenvalue weighted by molar-refractivity contribution is 6.01. The van der Waals surface area contributed by atoms with Gasteiger partial charge in [0.25, 0.3) is 0 Å². The molecule has 0 aliphatic heterocycles. The Kier molecular flexibility index (Phi) is 5.55. The van der Waals surface area contributed by atoms with Crippen LogP contribution in [-0.2, 0) is 4.79 Å². The first-order valence-corrected chi connectivity index (χ1v) is 6.59. The molecule has 0 saturated heterocycles. The number of Topliss-reactive ketones (excluding diaryl/α,β-unsaturated/α-hetero) is 1. The molecule has 0 spiro atoms. The molecule has 4 heteroatoms. The lowest BCUT2D eigenvalue weighted by atomic mass is 10.0. The van der Waals surface area contributed by atoms with Crippen molar-refractivity contribution in [1.29, 1.82) is 0 Å². The van der Waals surface area contributed by atoms with Crippen molar-refractivity contribution in [3.05, 3.63) is 29.3 Å². The van der Waals surface area contributed by atoms with Gasteiger partial charge in [-0.1, -0.05) is 19.1 Å². The van der Waals surface area contributed by atoms with E-state index in [0.717, 1.165) is 12.0 Å². The molecule has 0 saturated carbocycles. The van der Waals surface area contributed by atoms with Crippen molar-refractivity contribution in [2.45, 2.75) is 40.2 Å². The number of amides is 1. The summed E-state index contributed by atoms with van der Waals surface area (Å²) in [6, 6.07) is 5.75. The van der Waals surface area contributed by atoms with E-state index in [0.29, 0.717) is 11.3 Å². The van der Waals surface area contributed by atoms with Crippen molar-refractivity contribution in [2.75, 3.05) is 11.9 Å². The van der Waals surface area contributed by atoms with Crippen LogP contribution in [0.4, 0.5) is 5.69 Å². The summed E-state index contributed by atoms with van der Waals surface area (Å²) in [5, 5.41) is 5.91. The van der Waals surface area contributed by atoms with Gasteiger partial charge in [0.05, 0.1) is 6.54 Å². The van der Waals surface area contributed by atoms with Gasteiger partial charge in [-0.15, -0.1) is 0 Å². The zero-order chi connectivity index (χ0) is 14.4. The number of rotatable bonds is 6. The topological polar surface area (TPSA) is 58.2 Å². The Hall–Kier alpha value is -1.84. The van der Waals surface area contributed by atoms with Crippen molar-refractivity contribution in [3.63, 3.8) is 0 Å². The maximum Gasteiger partial charge on any atom is 0.239 e. The van der Waals surface area contributed by atoms with Crippen LogP contribution in [0.15, 0.2) is 18.2 Å². The van der Waals surface area contributed by atoms with Gasteiger partial charge in [-0.2, -0.15) is 0 Å². The van der Waals surface area contributed by atoms with Crippen molar-refractivity contribution in [3.8, 4) is 0 Å². The van der Waals surface area contributed by atoms with Gasteiger partial charge in [0.2, 0.25) is 5.91 Å². The van der Waals surface area contributed by atoms with Crippen LogP contribution in [0.2, 0.25) is 0 Å². The van der Waals surface area contributed by atoms with Crippen LogP contribution < -0.4 is 10.6 Å². The standard InChI is InChI=1S/C15H22N2O2/c1-5-11(3)17-14(19)9-16-13-8-6-7-10(2)15(13)12(4)18/h6-8,11,16H,5,9H2,1-4H3,(H,17,19). The van der Waals surface area contributed by atoms with Crippen LogP contribution in [0.1, 0.15) is 43.1 Å². The number of aryl methyl sites for hydroxylation is 1. The highest BCUT2D eigenvalue weighted by atomic mass is 16.2. The molecule has 1 aromatic carbocycles. The van der Waals surface area contributed by atoms with Crippen molar-refractivity contribution < 1.29 is 9.59 Å². The van der Waals surface area contributed by atoms with Crippen LogP contribution in [0, 0.1) is 6.92 Å². The molecule has 4 nitrogen and oxygen atoms in total. The molecule has 0 aliphatic rings. The van der Waals surface area contributed by atoms with Crippen molar-refractivity contribution in [1.82, 2.24) is 5.32 Å². The third-order valence-electron chi connectivity index (χ3n) is 3.08. The van der Waals surface area contributed by atoms with E-state index >= 15 is 0 Å². The fourth-order valence-corrected chi connectivity index (χ4v) is 1.89. The number of carbonyl (C=O) groups excluding carboxylic acids is 2. The van der Waals surface area contributed by atoms with Crippen LogP contribution in [0.5, 0.6) is 0 Å². The highest BCUT2D eigenvalue weighted by Gasteiger charge is 2.11. The molecule has 0 aromatic heterocycles. The van der Waals surface area contributed by atoms with Crippen LogP contribution >= 0.6 is 0 Å². The molecule has 1 aromatic rings. The number of hydrogen-bond acceptors (Lipinski definition) is 3. The summed E-state index contributed by atoms with van der Waals surface area (Å²) in [5.41, 5.74) is 2.28. The number of nitrogens with one attached hydrogen (secondary N) is 2. The summed E-state index contributed by atoms with van der Waals surface area (Å²) in [7, 11) is 0. The lowest BCUT2D eigenvalue weighted by Crippen LogP contribution is -2.36. The van der Waals surface area contributed by atoms with E-state index in [-0.39, 0.29) is 24.3 Å². The first-order valence-electron chi connectivity index (χ1n) is 6.59. The lowest BCUT2D eigenvalue weighted by molar-refractivity contribution is -0.120. The Morgan fingerprint density at radius 3 is 2.58 bits per heavy atom. The summed E-state index contributed by atoms with van der Waals surface area (Å²) >= 11 is 0. The van der Waals surface area contributed by atoms with Gasteiger partial charge >= 0.3 is 0 Å². The van der Waals surface area contributed by atoms with E-state index in [1.807, 2.05) is 39.0 Å². The fourth-order valence-electron chi connectivity index (χ4n) is 1.89. The monoisotopic (exact) mass is 262 g/mol. The van der Waals surface area contributed by atoms with E-state index in [4.69, 9.17) is 0 Å². The number of benzene rings is 1. The third kappa shape index (κ3) is 4.39. The number of carbonyl (C=O) groups is 2. The van der Waals surface area contributed by atoms with Crippen LogP contribution in [0.3, 0.4) is 0 Å². The second kappa shape index (κ2) is 6.92. The molecule has 104 valence electrons. The Balaban J connectivity index is 2.71. The van der Waals surface area contributed by atoms with E-state index < -0.39 is 0 Å². The predicted molar refractivity (Wildman–Crippen MR) is 77.6 cm³/mol. The highest BCUT2D eigenvalue weighted by Crippen LogP contribution is 2.19. The Morgan fingerprint density at radius 2 is 2.00 bits per heavy atom. The van der Waals surface area contributed by atoms with Crippen molar-refractivity contribution in [2.24, 2.45) is 0 Å². The van der Waals surface area contributed by atoms with E-state index in [1.165, 1.54) is 6.92 Å². The van der Waals surface area contributed by atoms with Gasteiger partial charge in [-0.05, 0) is 38.8 Å². The minimum absolute atomic E-state index is 0.00272. The molecular weight excluding hydrogens is 240 g/mol. The van der Waals surface area contributed by atoms with Gasteiger partial charge in [-0.3, -0.25) is 9.59 Å². The zero-order valence-corrected chi connectivity index (χ0v) is 12.0. The van der Waals surface area contributed by atoms with Gasteiger partial charge in [-0.25, -0.2) is 0 Å². The molecule has 0 radical (unpaired) electrons. The normalized spacial score (nSPS) is 11.8. The Labute approximate surface area is 114 Å². The molecular formula is C15H22N2O2. The fraction of sp³-hybridized carbons (Fsp3) is 0.467. The zero-order valence-electron chi connectivity index (χ0n) is 12.0. The van der Waals surface area contributed by atoms with Gasteiger partial charge < -0.3 is 10.6 Å². The average molecular weight is 262 g/mol. The maximum absolute atomic E-state index is 11.7. The summed E-state index contributed by atoms with van der Waals surface area (Å²) in [6.45, 7) is 7.58. The number of hydrogen-bond donors (Lipinski definition) is 2. The quantitative estimate of drug-likeness (QED) is 0.774. The molecule has 19 heavy (non-hydrogen) atoms. The molecule has 1 atom stereocenters. The SMILES string of the molecule is CCC(C)NC(=O)CNc1cccc(C)c1C(C)=O. The molecule has 1 unspecified atom stereocenters. The van der Waals surface area contributed by atoms with Crippen LogP contribution in [-0.4, -0.2) is 24.3 Å². The Bertz CT molecular complexity index is 469. The summed E-state index contributed by atoms with van der Waals surface area (Å²) in [6.07, 6.45) is 0.898. The van der Waals surface area contributed by atoms with E-state index in [2.05, 4.69) is 10.6 Å². The first kappa shape index (κ1) is 15.2. The summed E-state index contributed by atoms with van der Waals surface area (Å²) < 4.78 is 0. The number of anilines is 1. The molecule has 0 aliphatic carbocycles. The smallest absolute Gasteiger partial charge is 0.239 e. The molecule has 1 amide bonds. The molecule has 2 N–H and O–H groups in total. The molecule has 1 rings (SSSR count). The number of ketones is 1. The maximum atomic E-state index is 11.7. The minimum Gasteiger partial charge on any atom is -0.376 e. The van der Waals surface area contributed by atoms with Crippen molar-refractivity contribution >= 4 is 17.4 Å². The summed E-state index contributed by atoms with van der Waals surface area (Å²) in [4.78, 5) is 23.3. The average Bonchev–Trinajstić information content (AvgIpc) is 2.35. The minimum atomic E-state index is -0.0645. The first-order chi connectivity index (χ1) is 8.95. The van der Waals surface area contributed by atoms with Crippen LogP contribution in [0.25, 0.3) is 0 Å². The lowest BCUT2D eigenvalue weighted by Gasteiger charge is -2.14. The predicted octanol–water partition coefficient (Wildman–Crippen LogP) is 2.52.